The number of carbonyl (C=O) groups is 3. The number of likely N-dealkylation sites (tertiary alicyclic amines) is 1. The van der Waals surface area contributed by atoms with E-state index in [2.05, 4.69) is 10.1 Å². The van der Waals surface area contributed by atoms with Crippen LogP contribution >= 0.6 is 0 Å². The molecule has 0 aromatic carbocycles. The van der Waals surface area contributed by atoms with E-state index in [1.54, 1.807) is 20.8 Å². The summed E-state index contributed by atoms with van der Waals surface area (Å²) in [5.41, 5.74) is 0. The van der Waals surface area contributed by atoms with Gasteiger partial charge in [0.05, 0.1) is 13.0 Å². The number of ether oxygens (including phenoxy) is 1. The Morgan fingerprint density at radius 1 is 1.30 bits per heavy atom. The summed E-state index contributed by atoms with van der Waals surface area (Å²) in [5.74, 6) is -2.18. The van der Waals surface area contributed by atoms with Gasteiger partial charge >= 0.3 is 18.0 Å². The van der Waals surface area contributed by atoms with Crippen molar-refractivity contribution in [2.24, 2.45) is 17.8 Å². The third-order valence-electron chi connectivity index (χ3n) is 3.62. The van der Waals surface area contributed by atoms with Crippen molar-refractivity contribution < 1.29 is 24.2 Å². The van der Waals surface area contributed by atoms with Crippen molar-refractivity contribution in [2.45, 2.75) is 26.8 Å². The number of urea groups is 1. The molecule has 1 aliphatic heterocycles. The van der Waals surface area contributed by atoms with Crippen LogP contribution in [0.2, 0.25) is 0 Å². The molecule has 1 fully saturated rings. The second kappa shape index (κ2) is 6.58. The first-order chi connectivity index (χ1) is 9.27. The zero-order valence-electron chi connectivity index (χ0n) is 12.3. The van der Waals surface area contributed by atoms with Gasteiger partial charge in [-0.05, 0) is 11.8 Å². The first-order valence-corrected chi connectivity index (χ1v) is 6.64. The van der Waals surface area contributed by atoms with Crippen molar-refractivity contribution in [3.8, 4) is 0 Å². The number of carboxylic acids is 1. The van der Waals surface area contributed by atoms with Gasteiger partial charge in [-0.15, -0.1) is 0 Å². The van der Waals surface area contributed by atoms with Crippen molar-refractivity contribution in [3.05, 3.63) is 0 Å². The smallest absolute Gasteiger partial charge is 0.328 e. The molecule has 0 bridgehead atoms. The fourth-order valence-electron chi connectivity index (χ4n) is 2.30. The highest BCUT2D eigenvalue weighted by Gasteiger charge is 2.38. The molecule has 114 valence electrons. The van der Waals surface area contributed by atoms with E-state index in [9.17, 15) is 14.4 Å². The molecule has 0 radical (unpaired) electrons. The number of methoxy groups -OCH3 is 1. The van der Waals surface area contributed by atoms with Gasteiger partial charge in [-0.2, -0.15) is 0 Å². The molecule has 1 saturated heterocycles. The van der Waals surface area contributed by atoms with Crippen LogP contribution in [0.5, 0.6) is 0 Å². The number of nitrogens with one attached hydrogen (secondary N) is 1. The molecule has 1 heterocycles. The second-order valence-corrected chi connectivity index (χ2v) is 5.52. The van der Waals surface area contributed by atoms with Gasteiger partial charge in [0.2, 0.25) is 0 Å². The van der Waals surface area contributed by atoms with E-state index in [1.165, 1.54) is 12.0 Å². The van der Waals surface area contributed by atoms with Crippen molar-refractivity contribution in [2.75, 3.05) is 20.2 Å². The van der Waals surface area contributed by atoms with E-state index in [0.717, 1.165) is 0 Å². The van der Waals surface area contributed by atoms with E-state index in [0.29, 0.717) is 6.54 Å². The Morgan fingerprint density at radius 3 is 2.30 bits per heavy atom. The van der Waals surface area contributed by atoms with E-state index in [-0.39, 0.29) is 18.4 Å². The Hall–Kier alpha value is -1.79. The first kappa shape index (κ1) is 16.3. The number of rotatable bonds is 4. The van der Waals surface area contributed by atoms with Crippen LogP contribution in [-0.4, -0.2) is 54.2 Å². The van der Waals surface area contributed by atoms with Crippen LogP contribution < -0.4 is 5.32 Å². The summed E-state index contributed by atoms with van der Waals surface area (Å²) in [6, 6.07) is -1.16. The maximum atomic E-state index is 12.1. The lowest BCUT2D eigenvalue weighted by Gasteiger charge is -2.24. The Labute approximate surface area is 118 Å². The third kappa shape index (κ3) is 3.61. The number of amides is 2. The van der Waals surface area contributed by atoms with Crippen LogP contribution in [0.4, 0.5) is 4.79 Å². The highest BCUT2D eigenvalue weighted by Crippen LogP contribution is 2.23. The van der Waals surface area contributed by atoms with Crippen LogP contribution in [0.25, 0.3) is 0 Å². The summed E-state index contributed by atoms with van der Waals surface area (Å²) >= 11 is 0. The second-order valence-electron chi connectivity index (χ2n) is 5.52. The van der Waals surface area contributed by atoms with Crippen LogP contribution in [0.3, 0.4) is 0 Å². The van der Waals surface area contributed by atoms with Gasteiger partial charge in [0.15, 0.2) is 0 Å². The largest absolute Gasteiger partial charge is 0.481 e. The predicted molar refractivity (Wildman–Crippen MR) is 71.0 cm³/mol. The first-order valence-electron chi connectivity index (χ1n) is 6.64. The fraction of sp³-hybridized carbons (Fsp3) is 0.769. The van der Waals surface area contributed by atoms with Crippen molar-refractivity contribution in [3.63, 3.8) is 0 Å². The molecule has 1 aliphatic rings. The van der Waals surface area contributed by atoms with Gasteiger partial charge in [0.1, 0.15) is 6.04 Å². The molecule has 7 nitrogen and oxygen atoms in total. The molecule has 0 aromatic heterocycles. The zero-order chi connectivity index (χ0) is 15.4. The minimum atomic E-state index is -0.902. The summed E-state index contributed by atoms with van der Waals surface area (Å²) in [6.07, 6.45) is 0. The number of aliphatic carboxylic acids is 1. The molecule has 3 unspecified atom stereocenters. The van der Waals surface area contributed by atoms with Crippen LogP contribution in [0.15, 0.2) is 0 Å². The predicted octanol–water partition coefficient (Wildman–Crippen LogP) is 0.546. The molecule has 2 amide bonds. The summed E-state index contributed by atoms with van der Waals surface area (Å²) < 4.78 is 4.65. The average Bonchev–Trinajstić information content (AvgIpc) is 2.76. The molecule has 0 spiro atoms. The number of carboxylic acid groups (broad SMARTS) is 1. The molecule has 0 aliphatic carbocycles. The molecule has 0 aromatic rings. The topological polar surface area (TPSA) is 95.9 Å². The zero-order valence-corrected chi connectivity index (χ0v) is 12.3. The molecule has 3 atom stereocenters. The maximum absolute atomic E-state index is 12.1. The monoisotopic (exact) mass is 286 g/mol. The van der Waals surface area contributed by atoms with Crippen molar-refractivity contribution >= 4 is 18.0 Å². The number of hydrogen-bond donors (Lipinski definition) is 2. The Morgan fingerprint density at radius 2 is 1.90 bits per heavy atom. The highest BCUT2D eigenvalue weighted by atomic mass is 16.5. The molecule has 7 heteroatoms. The summed E-state index contributed by atoms with van der Waals surface area (Å²) in [6.45, 7) is 5.93. The van der Waals surface area contributed by atoms with Gasteiger partial charge in [-0.1, -0.05) is 20.8 Å². The van der Waals surface area contributed by atoms with Crippen LogP contribution in [-0.2, 0) is 14.3 Å². The molecule has 20 heavy (non-hydrogen) atoms. The lowest BCUT2D eigenvalue weighted by molar-refractivity contribution is -0.144. The standard InChI is InChI=1S/C13H22N2O5/c1-7(2)10(12(18)20-4)14-13(19)15-5-8(3)9(6-15)11(16)17/h7-10H,5-6H2,1-4H3,(H,14,19)(H,16,17). The normalized spacial score (nSPS) is 23.6. The van der Waals surface area contributed by atoms with Gasteiger partial charge in [-0.25, -0.2) is 9.59 Å². The van der Waals surface area contributed by atoms with Crippen LogP contribution in [0.1, 0.15) is 20.8 Å². The molecular weight excluding hydrogens is 264 g/mol. The third-order valence-corrected chi connectivity index (χ3v) is 3.62. The number of nitrogens with zero attached hydrogens (tertiary/aromatic N) is 1. The summed E-state index contributed by atoms with van der Waals surface area (Å²) in [5, 5.41) is 11.7. The van der Waals surface area contributed by atoms with Crippen LogP contribution in [0, 0.1) is 17.8 Å². The molecular formula is C13H22N2O5. The summed E-state index contributed by atoms with van der Waals surface area (Å²) in [7, 11) is 1.27. The lowest BCUT2D eigenvalue weighted by Crippen LogP contribution is -2.50. The number of carbonyl (C=O) groups excluding carboxylic acids is 2. The highest BCUT2D eigenvalue weighted by molar-refractivity contribution is 5.84. The van der Waals surface area contributed by atoms with Gasteiger partial charge < -0.3 is 20.1 Å². The van der Waals surface area contributed by atoms with Gasteiger partial charge in [0.25, 0.3) is 0 Å². The molecule has 0 saturated carbocycles. The minimum absolute atomic E-state index is 0.103. The van der Waals surface area contributed by atoms with E-state index < -0.39 is 29.9 Å². The molecule has 1 rings (SSSR count). The van der Waals surface area contributed by atoms with Crippen molar-refractivity contribution in [1.82, 2.24) is 10.2 Å². The van der Waals surface area contributed by atoms with Gasteiger partial charge in [0, 0.05) is 13.1 Å². The molecule has 2 N–H and O–H groups in total. The maximum Gasteiger partial charge on any atom is 0.328 e. The Bertz CT molecular complexity index is 396. The minimum Gasteiger partial charge on any atom is -0.481 e. The quantitative estimate of drug-likeness (QED) is 0.736. The van der Waals surface area contributed by atoms with E-state index >= 15 is 0 Å². The number of hydrogen-bond acceptors (Lipinski definition) is 4. The Balaban J connectivity index is 2.67. The van der Waals surface area contributed by atoms with Gasteiger partial charge in [-0.3, -0.25) is 4.79 Å². The lowest BCUT2D eigenvalue weighted by atomic mass is 9.99. The SMILES string of the molecule is COC(=O)C(NC(=O)N1CC(C)C(C(=O)O)C1)C(C)C. The van der Waals surface area contributed by atoms with E-state index in [4.69, 9.17) is 5.11 Å². The van der Waals surface area contributed by atoms with E-state index in [1.807, 2.05) is 0 Å². The van der Waals surface area contributed by atoms with Crippen molar-refractivity contribution in [1.29, 1.82) is 0 Å². The number of esters is 1. The fourth-order valence-corrected chi connectivity index (χ4v) is 2.30. The average molecular weight is 286 g/mol. The Kier molecular flexibility index (Phi) is 5.35. The summed E-state index contributed by atoms with van der Waals surface area (Å²) in [4.78, 5) is 36.2.